The van der Waals surface area contributed by atoms with Crippen molar-refractivity contribution in [3.8, 4) is 0 Å². The topological polar surface area (TPSA) is 66.7 Å². The first kappa shape index (κ1) is 18.2. The van der Waals surface area contributed by atoms with E-state index in [1.165, 1.54) is 25.3 Å². The number of amides is 1. The maximum atomic E-state index is 13.5. The zero-order chi connectivity index (χ0) is 19.5. The summed E-state index contributed by atoms with van der Waals surface area (Å²) >= 11 is 6.08. The molecule has 0 unspecified atom stereocenters. The summed E-state index contributed by atoms with van der Waals surface area (Å²) in [6.07, 6.45) is 7.24. The summed E-state index contributed by atoms with van der Waals surface area (Å²) in [5.41, 5.74) is 0.517. The van der Waals surface area contributed by atoms with Crippen LogP contribution in [0.1, 0.15) is 38.5 Å². The van der Waals surface area contributed by atoms with Crippen molar-refractivity contribution in [1.82, 2.24) is 4.90 Å². The lowest BCUT2D eigenvalue weighted by molar-refractivity contribution is -0.384. The number of nitrogens with zero attached hydrogens (tertiary/aromatic N) is 3. The predicted octanol–water partition coefficient (Wildman–Crippen LogP) is 4.11. The second-order valence-electron chi connectivity index (χ2n) is 9.37. The molecule has 5 aliphatic rings. The lowest BCUT2D eigenvalue weighted by atomic mass is 9.49. The Kier molecular flexibility index (Phi) is 4.30. The number of benzene rings is 1. The average molecular weight is 404 g/mol. The SMILES string of the molecule is O=C(N1CCN(c2cc(Cl)ccc2[N+](=O)[O-])CC1)C12CC3CC(CC(C3)C1)C2. The van der Waals surface area contributed by atoms with Crippen LogP contribution in [0.4, 0.5) is 11.4 Å². The van der Waals surface area contributed by atoms with Crippen LogP contribution in [-0.4, -0.2) is 41.9 Å². The number of hydrogen-bond donors (Lipinski definition) is 0. The summed E-state index contributed by atoms with van der Waals surface area (Å²) in [5, 5.41) is 11.9. The molecule has 0 aromatic heterocycles. The van der Waals surface area contributed by atoms with E-state index >= 15 is 0 Å². The van der Waals surface area contributed by atoms with Gasteiger partial charge >= 0.3 is 0 Å². The molecular weight excluding hydrogens is 378 g/mol. The summed E-state index contributed by atoms with van der Waals surface area (Å²) in [5.74, 6) is 2.62. The second-order valence-corrected chi connectivity index (χ2v) is 9.80. The molecule has 5 fully saturated rings. The highest BCUT2D eigenvalue weighted by Crippen LogP contribution is 2.60. The van der Waals surface area contributed by atoms with Crippen molar-refractivity contribution in [2.45, 2.75) is 38.5 Å². The Hall–Kier alpha value is -1.82. The zero-order valence-corrected chi connectivity index (χ0v) is 16.7. The van der Waals surface area contributed by atoms with Crippen LogP contribution in [-0.2, 0) is 4.79 Å². The molecule has 4 saturated carbocycles. The molecule has 7 heteroatoms. The average Bonchev–Trinajstić information content (AvgIpc) is 2.66. The van der Waals surface area contributed by atoms with Crippen LogP contribution >= 0.6 is 11.6 Å². The number of rotatable bonds is 3. The van der Waals surface area contributed by atoms with E-state index in [9.17, 15) is 14.9 Å². The van der Waals surface area contributed by atoms with Crippen LogP contribution in [0.2, 0.25) is 5.02 Å². The predicted molar refractivity (Wildman–Crippen MR) is 108 cm³/mol. The molecule has 0 radical (unpaired) electrons. The van der Waals surface area contributed by atoms with E-state index in [0.717, 1.165) is 37.0 Å². The maximum absolute atomic E-state index is 13.5. The fraction of sp³-hybridized carbons (Fsp3) is 0.667. The zero-order valence-electron chi connectivity index (χ0n) is 16.0. The van der Waals surface area contributed by atoms with Gasteiger partial charge in [-0.1, -0.05) is 11.6 Å². The number of hydrogen-bond acceptors (Lipinski definition) is 4. The first-order chi connectivity index (χ1) is 13.4. The normalized spacial score (nSPS) is 34.0. The molecule has 1 aliphatic heterocycles. The highest BCUT2D eigenvalue weighted by molar-refractivity contribution is 6.31. The highest BCUT2D eigenvalue weighted by atomic mass is 35.5. The largest absolute Gasteiger partial charge is 0.362 e. The Morgan fingerprint density at radius 1 is 1.04 bits per heavy atom. The summed E-state index contributed by atoms with van der Waals surface area (Å²) in [6, 6.07) is 4.68. The number of carbonyl (C=O) groups excluding carboxylic acids is 1. The third kappa shape index (κ3) is 2.97. The van der Waals surface area contributed by atoms with Gasteiger partial charge in [-0.3, -0.25) is 14.9 Å². The van der Waals surface area contributed by atoms with Crippen molar-refractivity contribution in [3.05, 3.63) is 33.3 Å². The van der Waals surface area contributed by atoms with Gasteiger partial charge in [0, 0.05) is 37.3 Å². The molecule has 1 saturated heterocycles. The molecule has 150 valence electrons. The summed E-state index contributed by atoms with van der Waals surface area (Å²) in [4.78, 5) is 28.5. The lowest BCUT2D eigenvalue weighted by Gasteiger charge is -2.57. The molecular formula is C21H26ClN3O3. The van der Waals surface area contributed by atoms with Gasteiger partial charge in [-0.25, -0.2) is 0 Å². The van der Waals surface area contributed by atoms with E-state index in [4.69, 9.17) is 11.6 Å². The molecule has 1 aromatic carbocycles. The van der Waals surface area contributed by atoms with Gasteiger partial charge < -0.3 is 9.80 Å². The van der Waals surface area contributed by atoms with E-state index in [1.807, 2.05) is 9.80 Å². The van der Waals surface area contributed by atoms with Crippen molar-refractivity contribution in [2.75, 3.05) is 31.1 Å². The van der Waals surface area contributed by atoms with E-state index in [0.29, 0.717) is 42.8 Å². The molecule has 28 heavy (non-hydrogen) atoms. The minimum atomic E-state index is -0.362. The Bertz CT molecular complexity index is 784. The minimum absolute atomic E-state index is 0.0743. The molecule has 0 spiro atoms. The third-order valence-electron chi connectivity index (χ3n) is 7.53. The fourth-order valence-electron chi connectivity index (χ4n) is 6.76. The maximum Gasteiger partial charge on any atom is 0.292 e. The second kappa shape index (κ2) is 6.61. The fourth-order valence-corrected chi connectivity index (χ4v) is 6.93. The monoisotopic (exact) mass is 403 g/mol. The van der Waals surface area contributed by atoms with E-state index < -0.39 is 0 Å². The van der Waals surface area contributed by atoms with E-state index in [-0.39, 0.29) is 16.0 Å². The summed E-state index contributed by atoms with van der Waals surface area (Å²) in [7, 11) is 0. The first-order valence-electron chi connectivity index (χ1n) is 10.4. The van der Waals surface area contributed by atoms with Crippen LogP contribution in [0.5, 0.6) is 0 Å². The van der Waals surface area contributed by atoms with Crippen molar-refractivity contribution in [2.24, 2.45) is 23.2 Å². The molecule has 6 rings (SSSR count). The van der Waals surface area contributed by atoms with Crippen LogP contribution in [0, 0.1) is 33.3 Å². The lowest BCUT2D eigenvalue weighted by Crippen LogP contribution is -2.58. The van der Waals surface area contributed by atoms with Crippen molar-refractivity contribution in [3.63, 3.8) is 0 Å². The van der Waals surface area contributed by atoms with Gasteiger partial charge in [0.1, 0.15) is 5.69 Å². The molecule has 4 bridgehead atoms. The van der Waals surface area contributed by atoms with E-state index in [1.54, 1.807) is 12.1 Å². The number of carbonyl (C=O) groups is 1. The third-order valence-corrected chi connectivity index (χ3v) is 7.77. The van der Waals surface area contributed by atoms with Gasteiger partial charge in [0.15, 0.2) is 0 Å². The minimum Gasteiger partial charge on any atom is -0.362 e. The van der Waals surface area contributed by atoms with Gasteiger partial charge in [-0.05, 0) is 68.4 Å². The number of piperazine rings is 1. The Morgan fingerprint density at radius 2 is 1.61 bits per heavy atom. The highest BCUT2D eigenvalue weighted by Gasteiger charge is 2.55. The van der Waals surface area contributed by atoms with Crippen molar-refractivity contribution >= 4 is 28.9 Å². The number of anilines is 1. The summed E-state index contributed by atoms with van der Waals surface area (Å²) < 4.78 is 0. The number of halogens is 1. The molecule has 1 amide bonds. The number of nitro benzene ring substituents is 1. The van der Waals surface area contributed by atoms with E-state index in [2.05, 4.69) is 0 Å². The standard InChI is InChI=1S/C21H26ClN3O3/c22-17-1-2-18(25(27)28)19(10-17)23-3-5-24(6-4-23)20(26)21-11-14-7-15(12-21)9-16(8-14)13-21/h1-2,10,14-16H,3-9,11-13H2. The van der Waals surface area contributed by atoms with Gasteiger partial charge in [0.05, 0.1) is 10.3 Å². The Morgan fingerprint density at radius 3 is 2.14 bits per heavy atom. The van der Waals surface area contributed by atoms with Crippen molar-refractivity contribution in [1.29, 1.82) is 0 Å². The van der Waals surface area contributed by atoms with Crippen LogP contribution in [0.3, 0.4) is 0 Å². The Balaban J connectivity index is 1.30. The first-order valence-corrected chi connectivity index (χ1v) is 10.8. The van der Waals surface area contributed by atoms with Crippen molar-refractivity contribution < 1.29 is 9.72 Å². The molecule has 0 atom stereocenters. The number of nitro groups is 1. The van der Waals surface area contributed by atoms with Crippen LogP contribution in [0.25, 0.3) is 0 Å². The van der Waals surface area contributed by atoms with Gasteiger partial charge in [0.2, 0.25) is 5.91 Å². The van der Waals surface area contributed by atoms with Gasteiger partial charge in [0.25, 0.3) is 5.69 Å². The van der Waals surface area contributed by atoms with Crippen LogP contribution < -0.4 is 4.90 Å². The smallest absolute Gasteiger partial charge is 0.292 e. The quantitative estimate of drug-likeness (QED) is 0.562. The van der Waals surface area contributed by atoms with Crippen LogP contribution in [0.15, 0.2) is 18.2 Å². The molecule has 1 aromatic rings. The van der Waals surface area contributed by atoms with Gasteiger partial charge in [-0.15, -0.1) is 0 Å². The summed E-state index contributed by atoms with van der Waals surface area (Å²) in [6.45, 7) is 2.48. The molecule has 6 nitrogen and oxygen atoms in total. The molecule has 0 N–H and O–H groups in total. The van der Waals surface area contributed by atoms with Gasteiger partial charge in [-0.2, -0.15) is 0 Å². The molecule has 4 aliphatic carbocycles. The Labute approximate surface area is 170 Å². The molecule has 1 heterocycles.